The van der Waals surface area contributed by atoms with E-state index < -0.39 is 6.10 Å². The van der Waals surface area contributed by atoms with Crippen molar-refractivity contribution in [2.24, 2.45) is 23.2 Å². The predicted octanol–water partition coefficient (Wildman–Crippen LogP) is 5.80. The maximum absolute atomic E-state index is 13.2. The summed E-state index contributed by atoms with van der Waals surface area (Å²) in [5.41, 5.74) is 0.293. The molecule has 2 aromatic rings. The third-order valence-electron chi connectivity index (χ3n) is 6.95. The van der Waals surface area contributed by atoms with E-state index in [0.717, 1.165) is 25.0 Å². The number of hydrogen-bond acceptors (Lipinski definition) is 4. The Labute approximate surface area is 171 Å². The van der Waals surface area contributed by atoms with Crippen LogP contribution >= 0.6 is 0 Å². The van der Waals surface area contributed by atoms with E-state index in [1.807, 2.05) is 48.5 Å². The molecule has 4 aliphatic rings. The summed E-state index contributed by atoms with van der Waals surface area (Å²) < 4.78 is 11.7. The summed E-state index contributed by atoms with van der Waals surface area (Å²) in [5, 5.41) is 9.72. The molecule has 0 N–H and O–H groups in total. The summed E-state index contributed by atoms with van der Waals surface area (Å²) in [6.45, 7) is 0. The van der Waals surface area contributed by atoms with Crippen molar-refractivity contribution < 1.29 is 14.3 Å². The van der Waals surface area contributed by atoms with Gasteiger partial charge in [-0.05, 0) is 80.5 Å². The first-order valence-electron chi connectivity index (χ1n) is 10.6. The SMILES string of the molecule is N#CC(OC(=O)C12CC3CC(CC(C3)C1)C2)c1cccc(Oc2ccccc2)c1. The number of hydrogen-bond donors (Lipinski definition) is 0. The molecular formula is C25H25NO3. The first-order valence-corrected chi connectivity index (χ1v) is 10.6. The highest BCUT2D eigenvalue weighted by Gasteiger charge is 2.55. The van der Waals surface area contributed by atoms with Crippen molar-refractivity contribution in [3.63, 3.8) is 0 Å². The van der Waals surface area contributed by atoms with Crippen molar-refractivity contribution in [3.05, 3.63) is 60.2 Å². The van der Waals surface area contributed by atoms with Gasteiger partial charge < -0.3 is 9.47 Å². The van der Waals surface area contributed by atoms with Crippen LogP contribution in [0.15, 0.2) is 54.6 Å². The van der Waals surface area contributed by atoms with Crippen LogP contribution in [-0.2, 0) is 9.53 Å². The van der Waals surface area contributed by atoms with Crippen LogP contribution in [0.3, 0.4) is 0 Å². The van der Waals surface area contributed by atoms with E-state index in [-0.39, 0.29) is 11.4 Å². The van der Waals surface area contributed by atoms with Crippen LogP contribution in [0, 0.1) is 34.5 Å². The molecule has 4 heteroatoms. The topological polar surface area (TPSA) is 59.3 Å². The average Bonchev–Trinajstić information content (AvgIpc) is 2.72. The van der Waals surface area contributed by atoms with Crippen LogP contribution in [0.1, 0.15) is 50.2 Å². The molecule has 4 nitrogen and oxygen atoms in total. The van der Waals surface area contributed by atoms with E-state index in [1.165, 1.54) is 19.3 Å². The number of ether oxygens (including phenoxy) is 2. The highest BCUT2D eigenvalue weighted by atomic mass is 16.5. The molecule has 2 aromatic carbocycles. The number of benzene rings is 2. The summed E-state index contributed by atoms with van der Waals surface area (Å²) in [5.74, 6) is 3.17. The molecule has 1 unspecified atom stereocenters. The van der Waals surface area contributed by atoms with Gasteiger partial charge in [0, 0.05) is 5.56 Å². The highest BCUT2D eigenvalue weighted by Crippen LogP contribution is 2.60. The zero-order valence-electron chi connectivity index (χ0n) is 16.4. The van der Waals surface area contributed by atoms with Gasteiger partial charge >= 0.3 is 5.97 Å². The van der Waals surface area contributed by atoms with Crippen LogP contribution in [-0.4, -0.2) is 5.97 Å². The Bertz CT molecular complexity index is 911. The van der Waals surface area contributed by atoms with E-state index in [4.69, 9.17) is 9.47 Å². The van der Waals surface area contributed by atoms with Crippen molar-refractivity contribution in [2.45, 2.75) is 44.6 Å². The van der Waals surface area contributed by atoms with Crippen LogP contribution in [0.4, 0.5) is 0 Å². The summed E-state index contributed by atoms with van der Waals surface area (Å²) >= 11 is 0. The third kappa shape index (κ3) is 3.51. The Morgan fingerprint density at radius 1 is 0.931 bits per heavy atom. The van der Waals surface area contributed by atoms with Gasteiger partial charge in [-0.1, -0.05) is 30.3 Å². The van der Waals surface area contributed by atoms with Gasteiger partial charge in [0.1, 0.15) is 17.6 Å². The van der Waals surface area contributed by atoms with Gasteiger partial charge in [0.2, 0.25) is 6.10 Å². The normalized spacial score (nSPS) is 30.4. The molecule has 4 bridgehead atoms. The van der Waals surface area contributed by atoms with E-state index in [2.05, 4.69) is 6.07 Å². The number of carbonyl (C=O) groups excluding carboxylic acids is 1. The maximum Gasteiger partial charge on any atom is 0.313 e. The van der Waals surface area contributed by atoms with Crippen molar-refractivity contribution in [1.29, 1.82) is 5.26 Å². The van der Waals surface area contributed by atoms with Gasteiger partial charge in [0.05, 0.1) is 5.41 Å². The lowest BCUT2D eigenvalue weighted by Gasteiger charge is -2.55. The molecule has 1 atom stereocenters. The second-order valence-corrected chi connectivity index (χ2v) is 9.10. The fourth-order valence-corrected chi connectivity index (χ4v) is 6.13. The van der Waals surface area contributed by atoms with Crippen LogP contribution < -0.4 is 4.74 Å². The van der Waals surface area contributed by atoms with Crippen molar-refractivity contribution >= 4 is 5.97 Å². The summed E-state index contributed by atoms with van der Waals surface area (Å²) in [7, 11) is 0. The standard InChI is InChI=1S/C25H25NO3/c26-16-23(20-5-4-8-22(12-20)28-21-6-2-1-3-7-21)29-24(27)25-13-17-9-18(14-25)11-19(10-17)15-25/h1-8,12,17-19,23H,9-11,13-15H2. The molecule has 6 rings (SSSR count). The number of nitriles is 1. The minimum absolute atomic E-state index is 0.169. The number of para-hydroxylation sites is 1. The fraction of sp³-hybridized carbons (Fsp3) is 0.440. The Morgan fingerprint density at radius 3 is 2.17 bits per heavy atom. The largest absolute Gasteiger partial charge is 0.457 e. The number of nitrogens with zero attached hydrogens (tertiary/aromatic N) is 1. The van der Waals surface area contributed by atoms with E-state index in [1.54, 1.807) is 6.07 Å². The smallest absolute Gasteiger partial charge is 0.313 e. The number of rotatable bonds is 5. The molecule has 4 aliphatic carbocycles. The summed E-state index contributed by atoms with van der Waals surface area (Å²) in [4.78, 5) is 13.2. The molecule has 4 saturated carbocycles. The molecule has 148 valence electrons. The molecule has 0 radical (unpaired) electrons. The van der Waals surface area contributed by atoms with Crippen molar-refractivity contribution in [2.75, 3.05) is 0 Å². The Kier molecular flexibility index (Phi) is 4.54. The lowest BCUT2D eigenvalue weighted by atomic mass is 9.49. The van der Waals surface area contributed by atoms with Gasteiger partial charge in [0.15, 0.2) is 0 Å². The monoisotopic (exact) mass is 387 g/mol. The van der Waals surface area contributed by atoms with Gasteiger partial charge in [-0.25, -0.2) is 0 Å². The molecule has 0 aromatic heterocycles. The minimum Gasteiger partial charge on any atom is -0.457 e. The van der Waals surface area contributed by atoms with Gasteiger partial charge in [-0.2, -0.15) is 5.26 Å². The third-order valence-corrected chi connectivity index (χ3v) is 6.95. The molecular weight excluding hydrogens is 362 g/mol. The second kappa shape index (κ2) is 7.22. The van der Waals surface area contributed by atoms with Gasteiger partial charge in [-0.3, -0.25) is 4.79 Å². The molecule has 0 heterocycles. The van der Waals surface area contributed by atoms with Gasteiger partial charge in [-0.15, -0.1) is 0 Å². The van der Waals surface area contributed by atoms with E-state index in [0.29, 0.717) is 29.1 Å². The Balaban J connectivity index is 1.32. The maximum atomic E-state index is 13.2. The molecule has 0 amide bonds. The first-order chi connectivity index (χ1) is 14.1. The molecule has 0 aliphatic heterocycles. The van der Waals surface area contributed by atoms with E-state index >= 15 is 0 Å². The minimum atomic E-state index is -0.908. The quantitative estimate of drug-likeness (QED) is 0.608. The zero-order chi connectivity index (χ0) is 19.8. The van der Waals surface area contributed by atoms with Crippen LogP contribution in [0.25, 0.3) is 0 Å². The number of carbonyl (C=O) groups is 1. The first kappa shape index (κ1) is 18.2. The summed E-state index contributed by atoms with van der Waals surface area (Å²) in [6, 6.07) is 18.9. The van der Waals surface area contributed by atoms with Gasteiger partial charge in [0.25, 0.3) is 0 Å². The lowest BCUT2D eigenvalue weighted by molar-refractivity contribution is -0.174. The summed E-state index contributed by atoms with van der Waals surface area (Å²) in [6.07, 6.45) is 5.72. The zero-order valence-corrected chi connectivity index (χ0v) is 16.4. The second-order valence-electron chi connectivity index (χ2n) is 9.10. The Morgan fingerprint density at radius 2 is 1.55 bits per heavy atom. The highest BCUT2D eigenvalue weighted by molar-refractivity contribution is 5.78. The average molecular weight is 387 g/mol. The molecule has 29 heavy (non-hydrogen) atoms. The van der Waals surface area contributed by atoms with Crippen LogP contribution in [0.5, 0.6) is 11.5 Å². The Hall–Kier alpha value is -2.80. The van der Waals surface area contributed by atoms with Crippen molar-refractivity contribution in [1.82, 2.24) is 0 Å². The predicted molar refractivity (Wildman–Crippen MR) is 108 cm³/mol. The number of esters is 1. The molecule has 0 spiro atoms. The van der Waals surface area contributed by atoms with Crippen molar-refractivity contribution in [3.8, 4) is 17.6 Å². The molecule has 0 saturated heterocycles. The van der Waals surface area contributed by atoms with E-state index in [9.17, 15) is 10.1 Å². The molecule has 4 fully saturated rings. The van der Waals surface area contributed by atoms with Crippen LogP contribution in [0.2, 0.25) is 0 Å². The fourth-order valence-electron chi connectivity index (χ4n) is 6.13. The lowest BCUT2D eigenvalue weighted by Crippen LogP contribution is -2.50.